The molecule has 1 atom stereocenters. The van der Waals surface area contributed by atoms with Crippen LogP contribution in [0.4, 0.5) is 0 Å². The number of carboxylic acid groups (broad SMARTS) is 1. The highest BCUT2D eigenvalue weighted by Crippen LogP contribution is 2.37. The second kappa shape index (κ2) is 4.86. The summed E-state index contributed by atoms with van der Waals surface area (Å²) in [7, 11) is 0. The van der Waals surface area contributed by atoms with E-state index in [1.165, 1.54) is 10.4 Å². The van der Waals surface area contributed by atoms with Gasteiger partial charge in [0, 0.05) is 16.2 Å². The first-order chi connectivity index (χ1) is 7.97. The molecule has 0 amide bonds. The van der Waals surface area contributed by atoms with E-state index < -0.39 is 5.97 Å². The van der Waals surface area contributed by atoms with Crippen molar-refractivity contribution in [1.82, 2.24) is 0 Å². The Kier molecular flexibility index (Phi) is 3.64. The van der Waals surface area contributed by atoms with E-state index in [1.54, 1.807) is 11.3 Å². The molecule has 0 radical (unpaired) electrons. The maximum absolute atomic E-state index is 10.7. The zero-order valence-corrected chi connectivity index (χ0v) is 11.7. The van der Waals surface area contributed by atoms with Crippen LogP contribution >= 0.6 is 23.6 Å². The molecule has 1 heterocycles. The molecule has 0 saturated carbocycles. The molecular formula is C13H16O2S2. The maximum atomic E-state index is 10.7. The third-order valence-electron chi connectivity index (χ3n) is 3.39. The third kappa shape index (κ3) is 2.75. The van der Waals surface area contributed by atoms with Crippen molar-refractivity contribution in [2.75, 3.05) is 0 Å². The molecule has 1 N–H and O–H groups in total. The lowest BCUT2D eigenvalue weighted by molar-refractivity contribution is -0.129. The lowest BCUT2D eigenvalue weighted by atomic mass is 9.93. The Morgan fingerprint density at radius 2 is 2.29 bits per heavy atom. The van der Waals surface area contributed by atoms with Gasteiger partial charge in [-0.1, -0.05) is 26.1 Å². The fraction of sp³-hybridized carbons (Fsp3) is 0.538. The van der Waals surface area contributed by atoms with Gasteiger partial charge in [0.1, 0.15) is 4.86 Å². The molecule has 0 bridgehead atoms. The molecule has 1 aromatic rings. The number of rotatable bonds is 4. The summed E-state index contributed by atoms with van der Waals surface area (Å²) < 4.78 is 0. The van der Waals surface area contributed by atoms with Crippen molar-refractivity contribution in [1.29, 1.82) is 0 Å². The van der Waals surface area contributed by atoms with Gasteiger partial charge in [0.25, 0.3) is 0 Å². The van der Waals surface area contributed by atoms with E-state index in [2.05, 4.69) is 19.9 Å². The lowest BCUT2D eigenvalue weighted by Gasteiger charge is -2.12. The first-order valence-corrected chi connectivity index (χ1v) is 7.06. The Bertz CT molecular complexity index is 436. The van der Waals surface area contributed by atoms with Crippen LogP contribution in [0.3, 0.4) is 0 Å². The second-order valence-corrected chi connectivity index (χ2v) is 6.69. The molecule has 1 aromatic heterocycles. The summed E-state index contributed by atoms with van der Waals surface area (Å²) in [5.41, 5.74) is 1.41. The van der Waals surface area contributed by atoms with Crippen molar-refractivity contribution in [2.24, 2.45) is 11.8 Å². The van der Waals surface area contributed by atoms with Crippen LogP contribution in [0.5, 0.6) is 0 Å². The standard InChI is InChI=1S/C13H16O2S2/c1-7(2)8-3-9-4-10(17-12(9)5-8)6-11(16)13(14)15/h4,7-8H,3,5-6H2,1-2H3,(H,14,15). The van der Waals surface area contributed by atoms with Crippen molar-refractivity contribution in [3.63, 3.8) is 0 Å². The molecule has 0 spiro atoms. The normalized spacial score (nSPS) is 18.4. The Morgan fingerprint density at radius 3 is 2.82 bits per heavy atom. The molecule has 1 unspecified atom stereocenters. The summed E-state index contributed by atoms with van der Waals surface area (Å²) >= 11 is 6.58. The Hall–Kier alpha value is -0.740. The molecule has 4 heteroatoms. The minimum absolute atomic E-state index is 0.116. The number of hydrogen-bond donors (Lipinski definition) is 1. The summed E-state index contributed by atoms with van der Waals surface area (Å²) in [6.45, 7) is 4.53. The number of thiocarbonyl (C=S) groups is 1. The molecule has 0 aromatic carbocycles. The average molecular weight is 268 g/mol. The molecule has 2 rings (SSSR count). The molecule has 1 aliphatic rings. The zero-order chi connectivity index (χ0) is 12.6. The number of carbonyl (C=O) groups is 1. The average Bonchev–Trinajstić information content (AvgIpc) is 2.74. The number of aliphatic carboxylic acids is 1. The molecule has 17 heavy (non-hydrogen) atoms. The predicted molar refractivity (Wildman–Crippen MR) is 74.0 cm³/mol. The highest BCUT2D eigenvalue weighted by molar-refractivity contribution is 7.82. The van der Waals surface area contributed by atoms with Crippen LogP contribution in [-0.2, 0) is 24.1 Å². The van der Waals surface area contributed by atoms with Gasteiger partial charge in [0.15, 0.2) is 0 Å². The second-order valence-electron chi connectivity index (χ2n) is 4.98. The molecular weight excluding hydrogens is 252 g/mol. The Labute approximate surface area is 111 Å². The van der Waals surface area contributed by atoms with Gasteiger partial charge in [-0.3, -0.25) is 0 Å². The Morgan fingerprint density at radius 1 is 1.59 bits per heavy atom. The zero-order valence-electron chi connectivity index (χ0n) is 10.0. The van der Waals surface area contributed by atoms with Crippen LogP contribution in [0, 0.1) is 11.8 Å². The van der Waals surface area contributed by atoms with Gasteiger partial charge >= 0.3 is 5.97 Å². The van der Waals surface area contributed by atoms with Crippen molar-refractivity contribution >= 4 is 34.4 Å². The van der Waals surface area contributed by atoms with E-state index in [0.29, 0.717) is 6.42 Å². The third-order valence-corrected chi connectivity index (χ3v) is 4.91. The summed E-state index contributed by atoms with van der Waals surface area (Å²) in [5, 5.41) is 8.77. The molecule has 92 valence electrons. The summed E-state index contributed by atoms with van der Waals surface area (Å²) in [6.07, 6.45) is 2.70. The molecule has 0 fully saturated rings. The van der Waals surface area contributed by atoms with E-state index in [0.717, 1.165) is 29.6 Å². The van der Waals surface area contributed by atoms with Crippen LogP contribution < -0.4 is 0 Å². The van der Waals surface area contributed by atoms with E-state index in [1.807, 2.05) is 0 Å². The van der Waals surface area contributed by atoms with Gasteiger partial charge < -0.3 is 5.11 Å². The van der Waals surface area contributed by atoms with Gasteiger partial charge in [-0.25, -0.2) is 4.79 Å². The topological polar surface area (TPSA) is 37.3 Å². The highest BCUT2D eigenvalue weighted by atomic mass is 32.1. The summed E-state index contributed by atoms with van der Waals surface area (Å²) in [4.78, 5) is 13.3. The minimum Gasteiger partial charge on any atom is -0.477 e. The van der Waals surface area contributed by atoms with E-state index in [9.17, 15) is 4.79 Å². The van der Waals surface area contributed by atoms with Crippen LogP contribution in [0.2, 0.25) is 0 Å². The van der Waals surface area contributed by atoms with Crippen molar-refractivity contribution in [3.05, 3.63) is 21.4 Å². The minimum atomic E-state index is -0.964. The molecule has 2 nitrogen and oxygen atoms in total. The van der Waals surface area contributed by atoms with Crippen molar-refractivity contribution in [3.8, 4) is 0 Å². The van der Waals surface area contributed by atoms with E-state index >= 15 is 0 Å². The predicted octanol–water partition coefficient (Wildman–Crippen LogP) is 3.12. The fourth-order valence-corrected chi connectivity index (χ4v) is 3.81. The number of fused-ring (bicyclic) bond motifs is 1. The highest BCUT2D eigenvalue weighted by Gasteiger charge is 2.26. The summed E-state index contributed by atoms with van der Waals surface area (Å²) in [5.74, 6) is 0.517. The van der Waals surface area contributed by atoms with Gasteiger partial charge in [0.05, 0.1) is 0 Å². The molecule has 1 aliphatic carbocycles. The number of thiophene rings is 1. The van der Waals surface area contributed by atoms with Crippen molar-refractivity contribution < 1.29 is 9.90 Å². The van der Waals surface area contributed by atoms with Gasteiger partial charge in [-0.15, -0.1) is 11.3 Å². The smallest absolute Gasteiger partial charge is 0.342 e. The van der Waals surface area contributed by atoms with Gasteiger partial charge in [-0.2, -0.15) is 0 Å². The SMILES string of the molecule is CC(C)C1Cc2cc(CC(=S)C(=O)O)sc2C1. The van der Waals surface area contributed by atoms with Gasteiger partial charge in [0.2, 0.25) is 0 Å². The van der Waals surface area contributed by atoms with Crippen LogP contribution in [0.15, 0.2) is 6.07 Å². The summed E-state index contributed by atoms with van der Waals surface area (Å²) in [6, 6.07) is 2.15. The van der Waals surface area contributed by atoms with Crippen LogP contribution in [0.1, 0.15) is 29.2 Å². The first-order valence-electron chi connectivity index (χ1n) is 5.84. The molecule has 0 aliphatic heterocycles. The van der Waals surface area contributed by atoms with Crippen molar-refractivity contribution in [2.45, 2.75) is 33.1 Å². The lowest BCUT2D eigenvalue weighted by Crippen LogP contribution is -2.12. The molecule has 0 saturated heterocycles. The number of hydrogen-bond acceptors (Lipinski definition) is 3. The number of carboxylic acids is 1. The van der Waals surface area contributed by atoms with E-state index in [4.69, 9.17) is 17.3 Å². The largest absolute Gasteiger partial charge is 0.477 e. The first kappa shape index (κ1) is 12.7. The maximum Gasteiger partial charge on any atom is 0.342 e. The fourth-order valence-electron chi connectivity index (χ4n) is 2.26. The quantitative estimate of drug-likeness (QED) is 0.853. The van der Waals surface area contributed by atoms with E-state index in [-0.39, 0.29) is 4.86 Å². The Balaban J connectivity index is 2.05. The van der Waals surface area contributed by atoms with Crippen LogP contribution in [-0.4, -0.2) is 15.9 Å². The van der Waals surface area contributed by atoms with Gasteiger partial charge in [-0.05, 0) is 36.3 Å². The van der Waals surface area contributed by atoms with Crippen LogP contribution in [0.25, 0.3) is 0 Å². The monoisotopic (exact) mass is 268 g/mol.